The van der Waals surface area contributed by atoms with Crippen LogP contribution in [0.15, 0.2) is 48.5 Å². The zero-order valence-corrected chi connectivity index (χ0v) is 22.9. The highest BCUT2D eigenvalue weighted by Gasteiger charge is 2.31. The summed E-state index contributed by atoms with van der Waals surface area (Å²) in [5.41, 5.74) is 2.49. The number of hydrogen-bond donors (Lipinski definition) is 2. The number of carbonyl (C=O) groups is 1. The average molecular weight is 568 g/mol. The number of aryl methyl sites for hydroxylation is 1. The molecule has 1 saturated carbocycles. The summed E-state index contributed by atoms with van der Waals surface area (Å²) >= 11 is 0. The standard InChI is InChI=1S/C30H32F3N5O3/c1-18-6-3-9-21(16-18)28-37-26-24(38(28)17-19-11-13-22(14-12-19)30(31,32)33)25(35-27(36-26)29(40)41-2)34-23(10-5-15-39)20-7-4-8-20/h3,6,9,11-14,16,20,23,39H,4-5,7-8,10,15,17H2,1-2H3,(H,34,35,36). The van der Waals surface area contributed by atoms with Gasteiger partial charge in [0.05, 0.1) is 12.7 Å². The molecule has 1 aliphatic rings. The normalized spacial score (nSPS) is 14.6. The highest BCUT2D eigenvalue weighted by atomic mass is 19.4. The van der Waals surface area contributed by atoms with Gasteiger partial charge in [-0.2, -0.15) is 13.2 Å². The lowest BCUT2D eigenvalue weighted by atomic mass is 9.78. The molecule has 4 aromatic rings. The van der Waals surface area contributed by atoms with Crippen molar-refractivity contribution in [2.75, 3.05) is 19.0 Å². The Morgan fingerprint density at radius 1 is 1.15 bits per heavy atom. The fraction of sp³-hybridized carbons (Fsp3) is 0.400. The van der Waals surface area contributed by atoms with Gasteiger partial charge in [-0.3, -0.25) is 0 Å². The quantitative estimate of drug-likeness (QED) is 0.226. The predicted octanol–water partition coefficient (Wildman–Crippen LogP) is 6.01. The van der Waals surface area contributed by atoms with E-state index in [1.54, 1.807) is 0 Å². The molecule has 1 atom stereocenters. The first-order valence-corrected chi connectivity index (χ1v) is 13.6. The van der Waals surface area contributed by atoms with E-state index in [1.807, 2.05) is 35.8 Å². The number of nitrogens with zero attached hydrogens (tertiary/aromatic N) is 4. The zero-order chi connectivity index (χ0) is 29.1. The van der Waals surface area contributed by atoms with Crippen LogP contribution in [-0.2, 0) is 17.5 Å². The molecule has 1 aliphatic carbocycles. The number of aliphatic hydroxyl groups excluding tert-OH is 1. The number of rotatable bonds is 10. The van der Waals surface area contributed by atoms with E-state index in [9.17, 15) is 23.1 Å². The van der Waals surface area contributed by atoms with Crippen molar-refractivity contribution in [3.05, 3.63) is 71.0 Å². The van der Waals surface area contributed by atoms with Crippen molar-refractivity contribution in [1.82, 2.24) is 19.5 Å². The van der Waals surface area contributed by atoms with E-state index in [2.05, 4.69) is 15.3 Å². The molecular weight excluding hydrogens is 535 g/mol. The Morgan fingerprint density at radius 2 is 1.90 bits per heavy atom. The van der Waals surface area contributed by atoms with Crippen LogP contribution in [0.3, 0.4) is 0 Å². The van der Waals surface area contributed by atoms with Gasteiger partial charge < -0.3 is 19.7 Å². The van der Waals surface area contributed by atoms with E-state index in [0.29, 0.717) is 41.5 Å². The molecule has 5 rings (SSSR count). The van der Waals surface area contributed by atoms with Crippen LogP contribution in [0.1, 0.15) is 59.4 Å². The van der Waals surface area contributed by atoms with Crippen molar-refractivity contribution < 1.29 is 27.8 Å². The number of fused-ring (bicyclic) bond motifs is 1. The van der Waals surface area contributed by atoms with Crippen LogP contribution in [0.2, 0.25) is 0 Å². The number of aliphatic hydroxyl groups is 1. The molecule has 41 heavy (non-hydrogen) atoms. The van der Waals surface area contributed by atoms with Gasteiger partial charge in [-0.05, 0) is 62.3 Å². The molecule has 0 spiro atoms. The molecular formula is C30H32F3N5O3. The maximum absolute atomic E-state index is 13.2. The smallest absolute Gasteiger partial charge is 0.416 e. The summed E-state index contributed by atoms with van der Waals surface area (Å²) in [6.45, 7) is 2.21. The SMILES string of the molecule is COC(=O)c1nc(NC(CCCO)C2CCC2)c2c(n1)nc(-c1cccc(C)c1)n2Cc1ccc(C(F)(F)F)cc1. The van der Waals surface area contributed by atoms with Crippen LogP contribution in [0.4, 0.5) is 19.0 Å². The fourth-order valence-electron chi connectivity index (χ4n) is 5.21. The molecule has 0 aliphatic heterocycles. The van der Waals surface area contributed by atoms with Gasteiger partial charge in [0.2, 0.25) is 5.82 Å². The van der Waals surface area contributed by atoms with Crippen LogP contribution in [0.25, 0.3) is 22.6 Å². The summed E-state index contributed by atoms with van der Waals surface area (Å²) in [6.07, 6.45) is 0.0793. The highest BCUT2D eigenvalue weighted by Crippen LogP contribution is 2.36. The summed E-state index contributed by atoms with van der Waals surface area (Å²) in [5, 5.41) is 13.0. The molecule has 1 unspecified atom stereocenters. The van der Waals surface area contributed by atoms with Gasteiger partial charge in [-0.15, -0.1) is 0 Å². The molecule has 11 heteroatoms. The lowest BCUT2D eigenvalue weighted by Crippen LogP contribution is -2.34. The average Bonchev–Trinajstić information content (AvgIpc) is 3.28. The number of halogens is 3. The van der Waals surface area contributed by atoms with Gasteiger partial charge in [0.15, 0.2) is 11.5 Å². The van der Waals surface area contributed by atoms with Crippen LogP contribution < -0.4 is 5.32 Å². The van der Waals surface area contributed by atoms with Gasteiger partial charge >= 0.3 is 12.1 Å². The number of ether oxygens (including phenoxy) is 1. The lowest BCUT2D eigenvalue weighted by Gasteiger charge is -2.35. The number of methoxy groups -OCH3 is 1. The van der Waals surface area contributed by atoms with Gasteiger partial charge in [-0.1, -0.05) is 42.3 Å². The van der Waals surface area contributed by atoms with Crippen LogP contribution >= 0.6 is 0 Å². The Kier molecular flexibility index (Phi) is 8.25. The second-order valence-corrected chi connectivity index (χ2v) is 10.5. The first-order valence-electron chi connectivity index (χ1n) is 13.6. The van der Waals surface area contributed by atoms with Gasteiger partial charge in [0.25, 0.3) is 0 Å². The molecule has 0 saturated heterocycles. The van der Waals surface area contributed by atoms with E-state index in [0.717, 1.165) is 42.5 Å². The third-order valence-corrected chi connectivity index (χ3v) is 7.58. The second-order valence-electron chi connectivity index (χ2n) is 10.5. The first-order chi connectivity index (χ1) is 19.7. The highest BCUT2D eigenvalue weighted by molar-refractivity contribution is 5.93. The molecule has 216 valence electrons. The fourth-order valence-corrected chi connectivity index (χ4v) is 5.21. The van der Waals surface area contributed by atoms with E-state index in [1.165, 1.54) is 19.2 Å². The largest absolute Gasteiger partial charge is 0.463 e. The van der Waals surface area contributed by atoms with Gasteiger partial charge in [0, 0.05) is 24.8 Å². The number of esters is 1. The molecule has 0 radical (unpaired) electrons. The first kappa shape index (κ1) is 28.5. The zero-order valence-electron chi connectivity index (χ0n) is 22.9. The monoisotopic (exact) mass is 567 g/mol. The van der Waals surface area contributed by atoms with Crippen molar-refractivity contribution >= 4 is 23.0 Å². The van der Waals surface area contributed by atoms with Crippen molar-refractivity contribution in [3.63, 3.8) is 0 Å². The second kappa shape index (κ2) is 11.9. The van der Waals surface area contributed by atoms with E-state index in [4.69, 9.17) is 9.72 Å². The summed E-state index contributed by atoms with van der Waals surface area (Å²) in [7, 11) is 1.25. The van der Waals surface area contributed by atoms with Crippen molar-refractivity contribution in [1.29, 1.82) is 0 Å². The number of alkyl halides is 3. The maximum Gasteiger partial charge on any atom is 0.416 e. The van der Waals surface area contributed by atoms with E-state index >= 15 is 0 Å². The topological polar surface area (TPSA) is 102 Å². The Bertz CT molecular complexity index is 1530. The molecule has 2 N–H and O–H groups in total. The van der Waals surface area contributed by atoms with Crippen molar-refractivity contribution in [3.8, 4) is 11.4 Å². The number of anilines is 1. The summed E-state index contributed by atoms with van der Waals surface area (Å²) in [6, 6.07) is 12.7. The molecule has 0 bridgehead atoms. The Balaban J connectivity index is 1.68. The Labute approximate surface area is 235 Å². The van der Waals surface area contributed by atoms with Crippen molar-refractivity contribution in [2.24, 2.45) is 5.92 Å². The number of hydrogen-bond acceptors (Lipinski definition) is 7. The van der Waals surface area contributed by atoms with E-state index < -0.39 is 17.7 Å². The number of benzene rings is 2. The summed E-state index contributed by atoms with van der Waals surface area (Å²) in [5.74, 6) is 0.463. The summed E-state index contributed by atoms with van der Waals surface area (Å²) in [4.78, 5) is 26.3. The minimum Gasteiger partial charge on any atom is -0.463 e. The van der Waals surface area contributed by atoms with Gasteiger partial charge in [-0.25, -0.2) is 19.7 Å². The number of nitrogens with one attached hydrogen (secondary N) is 1. The molecule has 2 heterocycles. The molecule has 0 amide bonds. The number of imidazole rings is 1. The third kappa shape index (κ3) is 6.19. The van der Waals surface area contributed by atoms with Crippen LogP contribution in [0.5, 0.6) is 0 Å². The predicted molar refractivity (Wildman–Crippen MR) is 148 cm³/mol. The third-order valence-electron chi connectivity index (χ3n) is 7.58. The summed E-state index contributed by atoms with van der Waals surface area (Å²) < 4.78 is 46.5. The maximum atomic E-state index is 13.2. The number of aromatic nitrogens is 4. The van der Waals surface area contributed by atoms with Gasteiger partial charge in [0.1, 0.15) is 11.3 Å². The van der Waals surface area contributed by atoms with Crippen LogP contribution in [0, 0.1) is 12.8 Å². The lowest BCUT2D eigenvalue weighted by molar-refractivity contribution is -0.137. The Morgan fingerprint density at radius 3 is 2.51 bits per heavy atom. The minimum atomic E-state index is -4.44. The molecule has 2 aromatic carbocycles. The van der Waals surface area contributed by atoms with Crippen molar-refractivity contribution in [2.45, 2.75) is 57.8 Å². The van der Waals surface area contributed by atoms with Crippen LogP contribution in [-0.4, -0.2) is 50.4 Å². The number of carbonyl (C=O) groups excluding carboxylic acids is 1. The molecule has 1 fully saturated rings. The van der Waals surface area contributed by atoms with E-state index in [-0.39, 0.29) is 30.7 Å². The minimum absolute atomic E-state index is 0.00339. The molecule has 2 aromatic heterocycles. The molecule has 8 nitrogen and oxygen atoms in total. The Hall–Kier alpha value is -3.99.